The fourth-order valence-corrected chi connectivity index (χ4v) is 1.60. The minimum Gasteiger partial charge on any atom is -0.726 e. The maximum atomic E-state index is 9.86. The number of hydrogen-bond acceptors (Lipinski definition) is 7. The van der Waals surface area contributed by atoms with Crippen molar-refractivity contribution in [2.75, 3.05) is 53.8 Å². The van der Waals surface area contributed by atoms with Gasteiger partial charge in [0.1, 0.15) is 6.20 Å². The van der Waals surface area contributed by atoms with Crippen molar-refractivity contribution < 1.29 is 31.5 Å². The Morgan fingerprint density at radius 3 is 2.35 bits per heavy atom. The molecule has 9 heteroatoms. The molecule has 0 aliphatic carbocycles. The van der Waals surface area contributed by atoms with Crippen LogP contribution in [0.15, 0.2) is 12.4 Å². The van der Waals surface area contributed by atoms with E-state index in [1.807, 2.05) is 0 Å². The van der Waals surface area contributed by atoms with Crippen LogP contribution in [-0.2, 0) is 24.1 Å². The lowest BCUT2D eigenvalue weighted by Crippen LogP contribution is -3.06. The summed E-state index contributed by atoms with van der Waals surface area (Å²) in [5.74, 6) is 0. The number of rotatable bonds is 8. The predicted octanol–water partition coefficient (Wildman–Crippen LogP) is -1.61. The Morgan fingerprint density at radius 2 is 1.95 bits per heavy atom. The van der Waals surface area contributed by atoms with E-state index in [1.54, 1.807) is 0 Å². The van der Waals surface area contributed by atoms with Gasteiger partial charge in [-0.2, -0.15) is 0 Å². The first-order valence-corrected chi connectivity index (χ1v) is 7.62. The number of quaternary nitrogens is 1. The summed E-state index contributed by atoms with van der Waals surface area (Å²) in [6.45, 7) is 5.10. The molecule has 1 N–H and O–H groups in total. The number of ether oxygens (including phenoxy) is 2. The van der Waals surface area contributed by atoms with Gasteiger partial charge in [-0.05, 0) is 6.92 Å². The lowest BCUT2D eigenvalue weighted by Gasteiger charge is -2.09. The van der Waals surface area contributed by atoms with Crippen LogP contribution in [0.25, 0.3) is 0 Å². The molecule has 1 aliphatic rings. The van der Waals surface area contributed by atoms with Crippen LogP contribution in [0.1, 0.15) is 6.92 Å². The van der Waals surface area contributed by atoms with Gasteiger partial charge in [0.25, 0.3) is 0 Å². The lowest BCUT2D eigenvalue weighted by atomic mass is 10.6. The number of hydrogen-bond donors (Lipinski definition) is 1. The Kier molecular flexibility index (Phi) is 10.6. The third-order valence-electron chi connectivity index (χ3n) is 2.36. The molecule has 120 valence electrons. The van der Waals surface area contributed by atoms with Gasteiger partial charge in [-0.1, -0.05) is 0 Å². The Bertz CT molecular complexity index is 360. The van der Waals surface area contributed by atoms with Gasteiger partial charge >= 0.3 is 0 Å². The van der Waals surface area contributed by atoms with Crippen molar-refractivity contribution in [3.63, 3.8) is 0 Å². The Balaban J connectivity index is 0.000000388. The van der Waals surface area contributed by atoms with Crippen molar-refractivity contribution in [3.8, 4) is 0 Å². The van der Waals surface area contributed by atoms with Crippen molar-refractivity contribution in [2.45, 2.75) is 6.92 Å². The quantitative estimate of drug-likeness (QED) is 0.327. The second-order valence-corrected chi connectivity index (χ2v) is 5.13. The molecule has 0 spiro atoms. The summed E-state index contributed by atoms with van der Waals surface area (Å²) in [7, 11) is -0.966. The van der Waals surface area contributed by atoms with E-state index >= 15 is 0 Å². The molecule has 0 saturated carbocycles. The number of nitrogens with zero attached hydrogens (tertiary/aromatic N) is 1. The summed E-state index contributed by atoms with van der Waals surface area (Å²) >= 11 is 0. The number of methoxy groups -OCH3 is 1. The van der Waals surface area contributed by atoms with E-state index in [-0.39, 0.29) is 13.2 Å². The largest absolute Gasteiger partial charge is 0.726 e. The van der Waals surface area contributed by atoms with E-state index in [0.29, 0.717) is 13.2 Å². The SMILES string of the molecule is CC[NH+]1C=CN(C)C1.COCCOCCOS(=O)(=O)[O-]. The van der Waals surface area contributed by atoms with Crippen LogP contribution in [0.3, 0.4) is 0 Å². The fourth-order valence-electron chi connectivity index (χ4n) is 1.33. The molecule has 20 heavy (non-hydrogen) atoms. The summed E-state index contributed by atoms with van der Waals surface area (Å²) in [6, 6.07) is 0. The third-order valence-corrected chi connectivity index (χ3v) is 2.81. The first kappa shape index (κ1) is 19.3. The van der Waals surface area contributed by atoms with E-state index in [9.17, 15) is 13.0 Å². The van der Waals surface area contributed by atoms with Crippen LogP contribution in [0.2, 0.25) is 0 Å². The monoisotopic (exact) mass is 312 g/mol. The maximum absolute atomic E-state index is 9.86. The Hall–Kier alpha value is -0.710. The van der Waals surface area contributed by atoms with Gasteiger partial charge < -0.3 is 18.9 Å². The third kappa shape index (κ3) is 12.3. The second-order valence-electron chi connectivity index (χ2n) is 4.08. The molecular weight excluding hydrogens is 288 g/mol. The topological polar surface area (TPSA) is 92.6 Å². The maximum Gasteiger partial charge on any atom is 0.217 e. The van der Waals surface area contributed by atoms with Gasteiger partial charge in [0, 0.05) is 14.2 Å². The highest BCUT2D eigenvalue weighted by molar-refractivity contribution is 7.80. The molecule has 0 aromatic heterocycles. The molecule has 0 saturated heterocycles. The fraction of sp³-hybridized carbons (Fsp3) is 0.818. The molecule has 1 unspecified atom stereocenters. The van der Waals surface area contributed by atoms with Gasteiger partial charge in [-0.15, -0.1) is 0 Å². The predicted molar refractivity (Wildman–Crippen MR) is 71.6 cm³/mol. The summed E-state index contributed by atoms with van der Waals surface area (Å²) in [6.07, 6.45) is 4.32. The van der Waals surface area contributed by atoms with Crippen molar-refractivity contribution in [3.05, 3.63) is 12.4 Å². The van der Waals surface area contributed by atoms with Gasteiger partial charge in [0.05, 0.1) is 39.2 Å². The first-order valence-electron chi connectivity index (χ1n) is 6.29. The minimum atomic E-state index is -4.58. The highest BCUT2D eigenvalue weighted by Crippen LogP contribution is 1.85. The second kappa shape index (κ2) is 11.0. The van der Waals surface area contributed by atoms with Crippen molar-refractivity contribution >= 4 is 10.4 Å². The van der Waals surface area contributed by atoms with Gasteiger partial charge in [0.2, 0.25) is 10.4 Å². The van der Waals surface area contributed by atoms with E-state index in [4.69, 9.17) is 4.74 Å². The smallest absolute Gasteiger partial charge is 0.217 e. The van der Waals surface area contributed by atoms with Crippen molar-refractivity contribution in [1.29, 1.82) is 0 Å². The van der Waals surface area contributed by atoms with E-state index < -0.39 is 10.4 Å². The Labute approximate surface area is 120 Å². The van der Waals surface area contributed by atoms with E-state index in [1.165, 1.54) is 18.6 Å². The van der Waals surface area contributed by atoms with E-state index in [2.05, 4.69) is 40.2 Å². The van der Waals surface area contributed by atoms with Crippen molar-refractivity contribution in [2.24, 2.45) is 0 Å². The van der Waals surface area contributed by atoms with Gasteiger partial charge in [-0.3, -0.25) is 9.08 Å². The molecule has 1 rings (SSSR count). The lowest BCUT2D eigenvalue weighted by molar-refractivity contribution is -0.846. The molecule has 0 bridgehead atoms. The molecule has 1 heterocycles. The van der Waals surface area contributed by atoms with Crippen LogP contribution >= 0.6 is 0 Å². The van der Waals surface area contributed by atoms with Crippen LogP contribution in [0, 0.1) is 0 Å². The molecular formula is C11H24N2O6S. The molecule has 1 atom stereocenters. The molecule has 0 amide bonds. The zero-order valence-electron chi connectivity index (χ0n) is 12.2. The van der Waals surface area contributed by atoms with Gasteiger partial charge in [0.15, 0.2) is 6.67 Å². The molecule has 8 nitrogen and oxygen atoms in total. The number of nitrogens with one attached hydrogen (secondary N) is 1. The van der Waals surface area contributed by atoms with Crippen LogP contribution in [-0.4, -0.2) is 71.7 Å². The minimum absolute atomic E-state index is 0.0603. The summed E-state index contributed by atoms with van der Waals surface area (Å²) in [5, 5.41) is 0. The molecule has 0 aromatic carbocycles. The van der Waals surface area contributed by atoms with Gasteiger partial charge in [-0.25, -0.2) is 8.42 Å². The average molecular weight is 312 g/mol. The summed E-state index contributed by atoms with van der Waals surface area (Å²) < 4.78 is 42.9. The normalized spacial score (nSPS) is 18.0. The van der Waals surface area contributed by atoms with E-state index in [0.717, 1.165) is 6.67 Å². The van der Waals surface area contributed by atoms with Crippen LogP contribution < -0.4 is 4.90 Å². The van der Waals surface area contributed by atoms with Crippen molar-refractivity contribution in [1.82, 2.24) is 4.90 Å². The highest BCUT2D eigenvalue weighted by Gasteiger charge is 2.09. The average Bonchev–Trinajstić information content (AvgIpc) is 2.79. The molecule has 0 fully saturated rings. The van der Waals surface area contributed by atoms with Crippen LogP contribution in [0.4, 0.5) is 0 Å². The molecule has 1 aliphatic heterocycles. The highest BCUT2D eigenvalue weighted by atomic mass is 32.3. The summed E-state index contributed by atoms with van der Waals surface area (Å²) in [5.41, 5.74) is 0. The zero-order valence-corrected chi connectivity index (χ0v) is 13.0. The Morgan fingerprint density at radius 1 is 1.30 bits per heavy atom. The van der Waals surface area contributed by atoms with Crippen LogP contribution in [0.5, 0.6) is 0 Å². The standard InChI is InChI=1S/C6H12N2.C5H12O6S/c1-3-8-5-4-7(2)6-8;1-9-2-3-10-4-5-11-12(6,7)8/h4-5H,3,6H2,1-2H3;2-5H2,1H3,(H,6,7,8). The molecule has 0 radical (unpaired) electrons. The molecule has 0 aromatic rings. The zero-order chi connectivity index (χ0) is 15.4. The summed E-state index contributed by atoms with van der Waals surface area (Å²) in [4.78, 5) is 3.73. The first-order chi connectivity index (χ1) is 9.39.